The van der Waals surface area contributed by atoms with Crippen LogP contribution in [-0.2, 0) is 4.74 Å². The number of ether oxygens (including phenoxy) is 1. The quantitative estimate of drug-likeness (QED) is 0.665. The highest BCUT2D eigenvalue weighted by Crippen LogP contribution is 2.27. The molecule has 1 atom stereocenters. The van der Waals surface area contributed by atoms with Gasteiger partial charge in [-0.3, -0.25) is 4.68 Å². The van der Waals surface area contributed by atoms with Crippen LogP contribution in [-0.4, -0.2) is 29.5 Å². The zero-order chi connectivity index (χ0) is 15.0. The lowest BCUT2D eigenvalue weighted by Gasteiger charge is -2.22. The first kappa shape index (κ1) is 17.5. The van der Waals surface area contributed by atoms with Crippen LogP contribution in [0.1, 0.15) is 64.7 Å². The average Bonchev–Trinajstić information content (AvgIpc) is 2.80. The molecule has 116 valence electrons. The lowest BCUT2D eigenvalue weighted by atomic mass is 10.1. The number of hydrogen-bond donors (Lipinski definition) is 1. The van der Waals surface area contributed by atoms with Crippen LogP contribution >= 0.6 is 11.6 Å². The number of hydrogen-bond acceptors (Lipinski definition) is 3. The molecule has 0 saturated carbocycles. The summed E-state index contributed by atoms with van der Waals surface area (Å²) in [5, 5.41) is 8.69. The van der Waals surface area contributed by atoms with Gasteiger partial charge in [0.1, 0.15) is 0 Å². The maximum Gasteiger partial charge on any atom is 0.0834 e. The van der Waals surface area contributed by atoms with Crippen LogP contribution in [0.15, 0.2) is 6.20 Å². The van der Waals surface area contributed by atoms with Crippen molar-refractivity contribution in [1.82, 2.24) is 15.1 Å². The van der Waals surface area contributed by atoms with E-state index >= 15 is 0 Å². The molecule has 0 aliphatic carbocycles. The van der Waals surface area contributed by atoms with E-state index in [4.69, 9.17) is 16.3 Å². The summed E-state index contributed by atoms with van der Waals surface area (Å²) in [5.74, 6) is 0. The van der Waals surface area contributed by atoms with Gasteiger partial charge in [-0.1, -0.05) is 25.4 Å². The van der Waals surface area contributed by atoms with Gasteiger partial charge in [0.2, 0.25) is 0 Å². The molecule has 1 N–H and O–H groups in total. The molecule has 5 heteroatoms. The van der Waals surface area contributed by atoms with Crippen molar-refractivity contribution in [3.8, 4) is 0 Å². The minimum absolute atomic E-state index is 0.198. The molecule has 1 rings (SSSR count). The minimum Gasteiger partial charge on any atom is -0.381 e. The Hall–Kier alpha value is -0.580. The Bertz CT molecular complexity index is 379. The lowest BCUT2D eigenvalue weighted by molar-refractivity contribution is 0.123. The maximum atomic E-state index is 6.34. The molecule has 0 fully saturated rings. The van der Waals surface area contributed by atoms with E-state index in [-0.39, 0.29) is 6.04 Å². The Morgan fingerprint density at radius 2 is 2.05 bits per heavy atom. The van der Waals surface area contributed by atoms with E-state index in [0.717, 1.165) is 49.7 Å². The molecule has 20 heavy (non-hydrogen) atoms. The van der Waals surface area contributed by atoms with Gasteiger partial charge in [0.15, 0.2) is 0 Å². The predicted octanol–water partition coefficient (Wildman–Crippen LogP) is 3.97. The zero-order valence-electron chi connectivity index (χ0n) is 13.2. The summed E-state index contributed by atoms with van der Waals surface area (Å²) in [6.45, 7) is 11.1. The molecule has 0 bridgehead atoms. The summed E-state index contributed by atoms with van der Waals surface area (Å²) < 4.78 is 7.63. The standard InChI is InChI=1S/C15H28ClN3O/c1-5-8-17-14(7-10-20-9-6-2)15-13(16)11-18-19(15)12(3)4/h11-12,14,17H,5-10H2,1-4H3. The van der Waals surface area contributed by atoms with E-state index in [9.17, 15) is 0 Å². The van der Waals surface area contributed by atoms with Gasteiger partial charge >= 0.3 is 0 Å². The van der Waals surface area contributed by atoms with Crippen molar-refractivity contribution in [2.75, 3.05) is 19.8 Å². The number of halogens is 1. The number of rotatable bonds is 10. The van der Waals surface area contributed by atoms with Crippen LogP contribution in [0.5, 0.6) is 0 Å². The molecule has 0 amide bonds. The van der Waals surface area contributed by atoms with Crippen molar-refractivity contribution in [1.29, 1.82) is 0 Å². The van der Waals surface area contributed by atoms with Crippen molar-refractivity contribution in [2.45, 2.75) is 59.0 Å². The van der Waals surface area contributed by atoms with Crippen LogP contribution in [0, 0.1) is 0 Å². The van der Waals surface area contributed by atoms with E-state index in [0.29, 0.717) is 6.04 Å². The van der Waals surface area contributed by atoms with Crippen LogP contribution < -0.4 is 5.32 Å². The van der Waals surface area contributed by atoms with Crippen molar-refractivity contribution < 1.29 is 4.74 Å². The fraction of sp³-hybridized carbons (Fsp3) is 0.800. The molecule has 0 aromatic carbocycles. The molecule has 0 spiro atoms. The number of nitrogens with one attached hydrogen (secondary N) is 1. The fourth-order valence-corrected chi connectivity index (χ4v) is 2.45. The first-order valence-electron chi connectivity index (χ1n) is 7.65. The third-order valence-corrected chi connectivity index (χ3v) is 3.44. The summed E-state index contributed by atoms with van der Waals surface area (Å²) >= 11 is 6.34. The number of aromatic nitrogens is 2. The molecule has 0 aliphatic heterocycles. The van der Waals surface area contributed by atoms with Gasteiger partial charge in [0, 0.05) is 19.3 Å². The van der Waals surface area contributed by atoms with E-state index in [1.807, 2.05) is 4.68 Å². The van der Waals surface area contributed by atoms with E-state index < -0.39 is 0 Å². The van der Waals surface area contributed by atoms with E-state index in [1.165, 1.54) is 0 Å². The van der Waals surface area contributed by atoms with Gasteiger partial charge in [-0.15, -0.1) is 0 Å². The molecule has 4 nitrogen and oxygen atoms in total. The summed E-state index contributed by atoms with van der Waals surface area (Å²) in [7, 11) is 0. The summed E-state index contributed by atoms with van der Waals surface area (Å²) in [5.41, 5.74) is 1.08. The second-order valence-electron chi connectivity index (χ2n) is 5.32. The third-order valence-electron chi connectivity index (χ3n) is 3.15. The molecule has 1 unspecified atom stereocenters. The van der Waals surface area contributed by atoms with E-state index in [2.05, 4.69) is 38.1 Å². The molecule has 0 radical (unpaired) electrons. The maximum absolute atomic E-state index is 6.34. The summed E-state index contributed by atoms with van der Waals surface area (Å²) in [6.07, 6.45) is 4.81. The van der Waals surface area contributed by atoms with Gasteiger partial charge in [-0.25, -0.2) is 0 Å². The molecular weight excluding hydrogens is 274 g/mol. The molecule has 1 aromatic heterocycles. The van der Waals surface area contributed by atoms with Crippen molar-refractivity contribution in [3.63, 3.8) is 0 Å². The lowest BCUT2D eigenvalue weighted by Crippen LogP contribution is -2.27. The minimum atomic E-state index is 0.198. The van der Waals surface area contributed by atoms with Crippen LogP contribution in [0.4, 0.5) is 0 Å². The monoisotopic (exact) mass is 301 g/mol. The van der Waals surface area contributed by atoms with Crippen LogP contribution in [0.3, 0.4) is 0 Å². The summed E-state index contributed by atoms with van der Waals surface area (Å²) in [4.78, 5) is 0. The SMILES string of the molecule is CCCNC(CCOCCC)c1c(Cl)cnn1C(C)C. The van der Waals surface area contributed by atoms with Crippen LogP contribution in [0.2, 0.25) is 5.02 Å². The second-order valence-corrected chi connectivity index (χ2v) is 5.73. The largest absolute Gasteiger partial charge is 0.381 e. The van der Waals surface area contributed by atoms with Crippen LogP contribution in [0.25, 0.3) is 0 Å². The van der Waals surface area contributed by atoms with Crippen molar-refractivity contribution >= 4 is 11.6 Å². The summed E-state index contributed by atoms with van der Waals surface area (Å²) in [6, 6.07) is 0.504. The van der Waals surface area contributed by atoms with Gasteiger partial charge in [-0.2, -0.15) is 5.10 Å². The highest BCUT2D eigenvalue weighted by Gasteiger charge is 2.21. The Balaban J connectivity index is 2.78. The molecular formula is C15H28ClN3O. The Labute approximate surface area is 127 Å². The predicted molar refractivity (Wildman–Crippen MR) is 84.4 cm³/mol. The van der Waals surface area contributed by atoms with Gasteiger partial charge in [0.05, 0.1) is 23.0 Å². The van der Waals surface area contributed by atoms with Gasteiger partial charge < -0.3 is 10.1 Å². The third kappa shape index (κ3) is 5.08. The van der Waals surface area contributed by atoms with Crippen molar-refractivity contribution in [2.24, 2.45) is 0 Å². The number of nitrogens with zero attached hydrogens (tertiary/aromatic N) is 2. The Morgan fingerprint density at radius 3 is 2.65 bits per heavy atom. The fourth-order valence-electron chi connectivity index (χ4n) is 2.19. The normalized spacial score (nSPS) is 13.1. The first-order chi connectivity index (χ1) is 9.61. The van der Waals surface area contributed by atoms with Gasteiger partial charge in [0.25, 0.3) is 0 Å². The Kier molecular flexibility index (Phi) is 8.19. The smallest absolute Gasteiger partial charge is 0.0834 e. The highest BCUT2D eigenvalue weighted by atomic mass is 35.5. The highest BCUT2D eigenvalue weighted by molar-refractivity contribution is 6.31. The topological polar surface area (TPSA) is 39.1 Å². The molecule has 0 saturated heterocycles. The average molecular weight is 302 g/mol. The van der Waals surface area contributed by atoms with Crippen molar-refractivity contribution in [3.05, 3.63) is 16.9 Å². The molecule has 1 heterocycles. The van der Waals surface area contributed by atoms with E-state index in [1.54, 1.807) is 6.20 Å². The Morgan fingerprint density at radius 1 is 1.30 bits per heavy atom. The molecule has 0 aliphatic rings. The second kappa shape index (κ2) is 9.37. The molecule has 1 aromatic rings. The van der Waals surface area contributed by atoms with Gasteiger partial charge in [-0.05, 0) is 39.7 Å². The first-order valence-corrected chi connectivity index (χ1v) is 8.03. The zero-order valence-corrected chi connectivity index (χ0v) is 13.9.